The van der Waals surface area contributed by atoms with Crippen molar-refractivity contribution in [3.8, 4) is 11.3 Å². The molecule has 2 aromatic heterocycles. The zero-order valence-electron chi connectivity index (χ0n) is 16.6. The summed E-state index contributed by atoms with van der Waals surface area (Å²) in [5, 5.41) is 0. The summed E-state index contributed by atoms with van der Waals surface area (Å²) in [5.41, 5.74) is 8.95. The molecule has 2 N–H and O–H groups in total. The van der Waals surface area contributed by atoms with Gasteiger partial charge in [-0.2, -0.15) is 4.98 Å². The van der Waals surface area contributed by atoms with E-state index in [1.165, 1.54) is 0 Å². The molecule has 10 nitrogen and oxygen atoms in total. The van der Waals surface area contributed by atoms with Gasteiger partial charge in [-0.25, -0.2) is 23.4 Å². The average Bonchev–Trinajstić information content (AvgIpc) is 3.24. The Kier molecular flexibility index (Phi) is 5.12. The van der Waals surface area contributed by atoms with Gasteiger partial charge in [0, 0.05) is 48.8 Å². The molecular formula is C20H21N7O3S. The summed E-state index contributed by atoms with van der Waals surface area (Å²) in [6, 6.07) is 6.89. The number of nitrogen functional groups attached to an aromatic ring is 1. The summed E-state index contributed by atoms with van der Waals surface area (Å²) < 4.78 is 28.5. The Hall–Kier alpha value is -3.31. The van der Waals surface area contributed by atoms with E-state index in [0.717, 1.165) is 28.3 Å². The molecule has 0 radical (unpaired) electrons. The van der Waals surface area contributed by atoms with Gasteiger partial charge in [-0.15, -0.1) is 0 Å². The lowest BCUT2D eigenvalue weighted by molar-refractivity contribution is 0.122. The number of nitrogens with zero attached hydrogens (tertiary/aromatic N) is 6. The number of morpholine rings is 1. The van der Waals surface area contributed by atoms with Crippen LogP contribution in [-0.4, -0.2) is 61.2 Å². The Morgan fingerprint density at radius 1 is 1.03 bits per heavy atom. The monoisotopic (exact) mass is 439 g/mol. The number of anilines is 4. The number of ether oxygens (including phenoxy) is 1. The Morgan fingerprint density at radius 2 is 1.81 bits per heavy atom. The quantitative estimate of drug-likeness (QED) is 0.569. The zero-order valence-corrected chi connectivity index (χ0v) is 17.5. The van der Waals surface area contributed by atoms with Gasteiger partial charge in [0.15, 0.2) is 10.7 Å². The third kappa shape index (κ3) is 3.77. The van der Waals surface area contributed by atoms with Crippen LogP contribution in [0, 0.1) is 0 Å². The van der Waals surface area contributed by atoms with Crippen LogP contribution in [0.2, 0.25) is 0 Å². The zero-order chi connectivity index (χ0) is 21.4. The first kappa shape index (κ1) is 19.6. The van der Waals surface area contributed by atoms with E-state index in [4.69, 9.17) is 20.4 Å². The smallest absolute Gasteiger partial charge is 0.228 e. The molecule has 0 aliphatic carbocycles. The molecule has 0 unspecified atom stereocenters. The van der Waals surface area contributed by atoms with Gasteiger partial charge in [0.2, 0.25) is 11.9 Å². The second-order valence-corrected chi connectivity index (χ2v) is 8.31. The fourth-order valence-corrected chi connectivity index (χ4v) is 4.32. The van der Waals surface area contributed by atoms with Crippen molar-refractivity contribution in [2.24, 2.45) is 0 Å². The molecule has 0 saturated carbocycles. The van der Waals surface area contributed by atoms with E-state index in [2.05, 4.69) is 14.9 Å². The summed E-state index contributed by atoms with van der Waals surface area (Å²) in [5.74, 6) is 1.57. The van der Waals surface area contributed by atoms with Crippen molar-refractivity contribution in [3.05, 3.63) is 42.2 Å². The van der Waals surface area contributed by atoms with Gasteiger partial charge < -0.3 is 20.3 Å². The fraction of sp³-hybridized carbons (Fsp3) is 0.300. The minimum Gasteiger partial charge on any atom is -0.378 e. The van der Waals surface area contributed by atoms with Crippen LogP contribution in [0.5, 0.6) is 0 Å². The van der Waals surface area contributed by atoms with E-state index in [9.17, 15) is 8.42 Å². The van der Waals surface area contributed by atoms with Crippen LogP contribution >= 0.6 is 0 Å². The molecule has 160 valence electrons. The number of rotatable bonds is 4. The second-order valence-electron chi connectivity index (χ2n) is 7.28. The van der Waals surface area contributed by atoms with Gasteiger partial charge in [0.25, 0.3) is 0 Å². The van der Waals surface area contributed by atoms with Gasteiger partial charge in [0.05, 0.1) is 23.8 Å². The highest BCUT2D eigenvalue weighted by molar-refractivity contribution is 7.72. The molecule has 11 heteroatoms. The topological polar surface area (TPSA) is 127 Å². The number of hydrogen-bond donors (Lipinski definition) is 2. The highest BCUT2D eigenvalue weighted by Gasteiger charge is 2.29. The van der Waals surface area contributed by atoms with E-state index in [1.807, 2.05) is 11.0 Å². The van der Waals surface area contributed by atoms with Crippen LogP contribution < -0.4 is 15.5 Å². The van der Waals surface area contributed by atoms with Crippen molar-refractivity contribution in [2.45, 2.75) is 11.3 Å². The Morgan fingerprint density at radius 3 is 2.55 bits per heavy atom. The molecule has 4 heterocycles. The van der Waals surface area contributed by atoms with Crippen molar-refractivity contribution in [2.75, 3.05) is 48.4 Å². The van der Waals surface area contributed by atoms with Crippen LogP contribution in [0.1, 0.15) is 5.56 Å². The lowest BCUT2D eigenvalue weighted by atomic mass is 10.1. The van der Waals surface area contributed by atoms with Crippen LogP contribution in [0.3, 0.4) is 0 Å². The van der Waals surface area contributed by atoms with E-state index in [0.29, 0.717) is 45.2 Å². The van der Waals surface area contributed by atoms with Gasteiger partial charge in [-0.05, 0) is 24.6 Å². The van der Waals surface area contributed by atoms with Gasteiger partial charge in [-0.3, -0.25) is 0 Å². The first-order valence-corrected chi connectivity index (χ1v) is 11.1. The van der Waals surface area contributed by atoms with Gasteiger partial charge in [0.1, 0.15) is 5.82 Å². The van der Waals surface area contributed by atoms with E-state index in [1.54, 1.807) is 30.6 Å². The van der Waals surface area contributed by atoms with Crippen LogP contribution in [-0.2, 0) is 21.9 Å². The molecule has 1 saturated heterocycles. The van der Waals surface area contributed by atoms with Crippen LogP contribution in [0.25, 0.3) is 11.3 Å². The molecule has 3 aromatic rings. The maximum absolute atomic E-state index is 11.5. The molecule has 2 aliphatic rings. The van der Waals surface area contributed by atoms with E-state index in [-0.39, 0.29) is 10.8 Å². The summed E-state index contributed by atoms with van der Waals surface area (Å²) in [4.78, 5) is 22.4. The summed E-state index contributed by atoms with van der Waals surface area (Å²) >= 11 is 0. The molecule has 0 spiro atoms. The maximum Gasteiger partial charge on any atom is 0.228 e. The van der Waals surface area contributed by atoms with Crippen molar-refractivity contribution in [1.82, 2.24) is 19.9 Å². The summed E-state index contributed by atoms with van der Waals surface area (Å²) in [7, 11) is -2.67. The molecule has 0 atom stereocenters. The third-order valence-corrected chi connectivity index (χ3v) is 6.11. The predicted octanol–water partition coefficient (Wildman–Crippen LogP) is 1.02. The van der Waals surface area contributed by atoms with Crippen LogP contribution in [0.15, 0.2) is 41.6 Å². The Bertz CT molecular complexity index is 1190. The SMILES string of the molecule is Nc1ncc(-c2nc(N3CCOCC3)nc3c2CCN3c2cccc([SH](=O)=O)c2)cn1. The number of thiol groups is 1. The maximum atomic E-state index is 11.5. The molecule has 0 amide bonds. The van der Waals surface area contributed by atoms with Crippen LogP contribution in [0.4, 0.5) is 23.4 Å². The molecule has 1 fully saturated rings. The van der Waals surface area contributed by atoms with Gasteiger partial charge >= 0.3 is 0 Å². The minimum absolute atomic E-state index is 0.202. The van der Waals surface area contributed by atoms with E-state index >= 15 is 0 Å². The normalized spacial score (nSPS) is 16.0. The number of nitrogens with two attached hydrogens (primary N) is 1. The van der Waals surface area contributed by atoms with Gasteiger partial charge in [-0.1, -0.05) is 6.07 Å². The number of hydrogen-bond acceptors (Lipinski definition) is 10. The lowest BCUT2D eigenvalue weighted by Crippen LogP contribution is -2.37. The van der Waals surface area contributed by atoms with Crippen molar-refractivity contribution in [1.29, 1.82) is 0 Å². The van der Waals surface area contributed by atoms with Crippen molar-refractivity contribution >= 4 is 34.1 Å². The number of aromatic nitrogens is 4. The first-order valence-electron chi connectivity index (χ1n) is 9.93. The molecule has 0 bridgehead atoms. The highest BCUT2D eigenvalue weighted by atomic mass is 32.2. The third-order valence-electron chi connectivity index (χ3n) is 5.41. The minimum atomic E-state index is -2.67. The number of fused-ring (bicyclic) bond motifs is 1. The molecule has 31 heavy (non-hydrogen) atoms. The lowest BCUT2D eigenvalue weighted by Gasteiger charge is -2.28. The summed E-state index contributed by atoms with van der Waals surface area (Å²) in [6.45, 7) is 3.29. The Balaban J connectivity index is 1.64. The molecule has 1 aromatic carbocycles. The Labute approximate surface area is 180 Å². The number of benzene rings is 1. The van der Waals surface area contributed by atoms with E-state index < -0.39 is 10.7 Å². The fourth-order valence-electron chi connectivity index (χ4n) is 3.87. The first-order chi connectivity index (χ1) is 15.1. The summed E-state index contributed by atoms with van der Waals surface area (Å²) in [6.07, 6.45) is 4.05. The average molecular weight is 440 g/mol. The van der Waals surface area contributed by atoms with Crippen molar-refractivity contribution < 1.29 is 13.2 Å². The second kappa shape index (κ2) is 8.08. The molecule has 5 rings (SSSR count). The molecular weight excluding hydrogens is 418 g/mol. The standard InChI is InChI=1S/C20H21N7O3S/c21-19-22-11-13(12-23-19)17-16-4-5-27(14-2-1-3-15(10-14)31(28)29)18(16)25-20(24-17)26-6-8-30-9-7-26/h1-3,10-12,31H,4-9H2,(H2,21,22,23). The van der Waals surface area contributed by atoms with Crippen molar-refractivity contribution in [3.63, 3.8) is 0 Å². The molecule has 2 aliphatic heterocycles. The largest absolute Gasteiger partial charge is 0.378 e. The predicted molar refractivity (Wildman–Crippen MR) is 116 cm³/mol. The highest BCUT2D eigenvalue weighted by Crippen LogP contribution is 2.39.